The molecule has 0 heterocycles. The molecule has 0 unspecified atom stereocenters. The molecule has 0 radical (unpaired) electrons. The number of hydrogen-bond donors (Lipinski definition) is 0. The van der Waals surface area contributed by atoms with E-state index in [4.69, 9.17) is 10.00 Å². The van der Waals surface area contributed by atoms with Gasteiger partial charge in [0.15, 0.2) is 0 Å². The first-order chi connectivity index (χ1) is 8.12. The maximum Gasteiger partial charge on any atom is 0.217 e. The summed E-state index contributed by atoms with van der Waals surface area (Å²) in [6.07, 6.45) is 3.70. The zero-order valence-electron chi connectivity index (χ0n) is 10.3. The van der Waals surface area contributed by atoms with Crippen LogP contribution in [-0.2, 0) is 14.8 Å². The van der Waals surface area contributed by atoms with Crippen LogP contribution in [0.1, 0.15) is 32.1 Å². The average molecular weight is 260 g/mol. The summed E-state index contributed by atoms with van der Waals surface area (Å²) in [5, 5.41) is 8.32. The summed E-state index contributed by atoms with van der Waals surface area (Å²) in [4.78, 5) is 0. The molecule has 0 spiro atoms. The first-order valence-corrected chi connectivity index (χ1v) is 7.48. The standard InChI is InChI=1S/C11H20N2O3S/c1-16-10-9-13(8-4-7-12)17(14,15)11-5-2-3-6-11/h11H,2-6,8-10H2,1H3. The second kappa shape index (κ2) is 6.94. The van der Waals surface area contributed by atoms with E-state index in [1.807, 2.05) is 6.07 Å². The largest absolute Gasteiger partial charge is 0.383 e. The molecule has 0 atom stereocenters. The van der Waals surface area contributed by atoms with Crippen molar-refractivity contribution < 1.29 is 13.2 Å². The van der Waals surface area contributed by atoms with Crippen LogP contribution in [0.25, 0.3) is 0 Å². The molecule has 0 saturated heterocycles. The van der Waals surface area contributed by atoms with Crippen LogP contribution in [0, 0.1) is 11.3 Å². The first-order valence-electron chi connectivity index (χ1n) is 5.97. The van der Waals surface area contributed by atoms with Gasteiger partial charge in [-0.2, -0.15) is 9.57 Å². The van der Waals surface area contributed by atoms with Gasteiger partial charge in [-0.1, -0.05) is 12.8 Å². The molecule has 1 aliphatic carbocycles. The molecule has 17 heavy (non-hydrogen) atoms. The predicted molar refractivity (Wildman–Crippen MR) is 64.9 cm³/mol. The van der Waals surface area contributed by atoms with Crippen molar-refractivity contribution in [2.45, 2.75) is 37.4 Å². The lowest BCUT2D eigenvalue weighted by Crippen LogP contribution is -2.40. The maximum absolute atomic E-state index is 12.3. The Morgan fingerprint density at radius 3 is 2.53 bits per heavy atom. The van der Waals surface area contributed by atoms with Gasteiger partial charge < -0.3 is 4.74 Å². The Morgan fingerprint density at radius 2 is 2.00 bits per heavy atom. The maximum atomic E-state index is 12.3. The molecule has 1 saturated carbocycles. The van der Waals surface area contributed by atoms with Crippen molar-refractivity contribution in [1.29, 1.82) is 5.26 Å². The van der Waals surface area contributed by atoms with Crippen molar-refractivity contribution in [3.05, 3.63) is 0 Å². The van der Waals surface area contributed by atoms with Gasteiger partial charge >= 0.3 is 0 Å². The summed E-state index contributed by atoms with van der Waals surface area (Å²) in [6, 6.07) is 1.99. The SMILES string of the molecule is COCCN(CCC#N)S(=O)(=O)C1CCCC1. The smallest absolute Gasteiger partial charge is 0.217 e. The number of hydrogen-bond acceptors (Lipinski definition) is 4. The monoisotopic (exact) mass is 260 g/mol. The molecule has 0 N–H and O–H groups in total. The van der Waals surface area contributed by atoms with Crippen LogP contribution in [0.4, 0.5) is 0 Å². The third-order valence-corrected chi connectivity index (χ3v) is 5.50. The van der Waals surface area contributed by atoms with E-state index in [1.54, 1.807) is 7.11 Å². The van der Waals surface area contributed by atoms with Crippen LogP contribution in [0.15, 0.2) is 0 Å². The molecular weight excluding hydrogens is 240 g/mol. The number of nitriles is 1. The Hall–Kier alpha value is -0.640. The van der Waals surface area contributed by atoms with Crippen molar-refractivity contribution in [1.82, 2.24) is 4.31 Å². The zero-order chi connectivity index (χ0) is 12.7. The highest BCUT2D eigenvalue weighted by molar-refractivity contribution is 7.89. The van der Waals surface area contributed by atoms with Crippen LogP contribution in [0.5, 0.6) is 0 Å². The summed E-state index contributed by atoms with van der Waals surface area (Å²) in [5.74, 6) is 0. The Bertz CT molecular complexity index is 355. The van der Waals surface area contributed by atoms with Gasteiger partial charge in [0.05, 0.1) is 17.9 Å². The number of nitrogens with zero attached hydrogens (tertiary/aromatic N) is 2. The average Bonchev–Trinajstić information content (AvgIpc) is 2.83. The summed E-state index contributed by atoms with van der Waals surface area (Å²) in [6.45, 7) is 0.993. The van der Waals surface area contributed by atoms with E-state index in [1.165, 1.54) is 4.31 Å². The van der Waals surface area contributed by atoms with Crippen LogP contribution in [-0.4, -0.2) is 44.8 Å². The topological polar surface area (TPSA) is 70.4 Å². The lowest BCUT2D eigenvalue weighted by atomic mass is 10.4. The molecular formula is C11H20N2O3S. The molecule has 0 aromatic heterocycles. The molecule has 0 amide bonds. The lowest BCUT2D eigenvalue weighted by molar-refractivity contribution is 0.179. The molecule has 5 nitrogen and oxygen atoms in total. The Kier molecular flexibility index (Phi) is 5.89. The van der Waals surface area contributed by atoms with E-state index < -0.39 is 10.0 Å². The van der Waals surface area contributed by atoms with Gasteiger partial charge in [0.1, 0.15) is 0 Å². The van der Waals surface area contributed by atoms with Gasteiger partial charge in [-0.05, 0) is 12.8 Å². The van der Waals surface area contributed by atoms with Gasteiger partial charge in [0, 0.05) is 26.6 Å². The van der Waals surface area contributed by atoms with Crippen LogP contribution >= 0.6 is 0 Å². The molecule has 1 fully saturated rings. The van der Waals surface area contributed by atoms with Crippen LogP contribution in [0.2, 0.25) is 0 Å². The molecule has 1 aliphatic rings. The fraction of sp³-hybridized carbons (Fsp3) is 0.909. The van der Waals surface area contributed by atoms with Crippen molar-refractivity contribution in [3.8, 4) is 6.07 Å². The number of methoxy groups -OCH3 is 1. The summed E-state index contributed by atoms with van der Waals surface area (Å²) < 4.78 is 30.9. The third kappa shape index (κ3) is 3.95. The van der Waals surface area contributed by atoms with Crippen molar-refractivity contribution in [2.75, 3.05) is 26.8 Å². The summed E-state index contributed by atoms with van der Waals surface area (Å²) >= 11 is 0. The highest BCUT2D eigenvalue weighted by atomic mass is 32.2. The predicted octanol–water partition coefficient (Wildman–Crippen LogP) is 1.12. The van der Waals surface area contributed by atoms with Crippen molar-refractivity contribution in [2.24, 2.45) is 0 Å². The lowest BCUT2D eigenvalue weighted by Gasteiger charge is -2.24. The Labute approximate surface area is 103 Å². The summed E-state index contributed by atoms with van der Waals surface area (Å²) in [7, 11) is -1.70. The molecule has 0 aromatic rings. The second-order valence-corrected chi connectivity index (χ2v) is 6.46. The highest BCUT2D eigenvalue weighted by Crippen LogP contribution is 2.27. The minimum Gasteiger partial charge on any atom is -0.383 e. The number of sulfonamides is 1. The molecule has 0 aromatic carbocycles. The molecule has 6 heteroatoms. The number of rotatable bonds is 7. The van der Waals surface area contributed by atoms with E-state index in [2.05, 4.69) is 0 Å². The van der Waals surface area contributed by atoms with Gasteiger partial charge in [0.25, 0.3) is 0 Å². The van der Waals surface area contributed by atoms with E-state index in [9.17, 15) is 8.42 Å². The van der Waals surface area contributed by atoms with E-state index in [0.29, 0.717) is 13.2 Å². The van der Waals surface area contributed by atoms with E-state index in [0.717, 1.165) is 25.7 Å². The highest BCUT2D eigenvalue weighted by Gasteiger charge is 2.33. The number of ether oxygens (including phenoxy) is 1. The Morgan fingerprint density at radius 1 is 1.35 bits per heavy atom. The first kappa shape index (κ1) is 14.4. The van der Waals surface area contributed by atoms with Gasteiger partial charge in [-0.25, -0.2) is 8.42 Å². The van der Waals surface area contributed by atoms with Crippen LogP contribution < -0.4 is 0 Å². The fourth-order valence-electron chi connectivity index (χ4n) is 2.13. The molecule has 0 aliphatic heterocycles. The fourth-order valence-corrected chi connectivity index (χ4v) is 4.16. The Balaban J connectivity index is 2.68. The van der Waals surface area contributed by atoms with Crippen LogP contribution in [0.3, 0.4) is 0 Å². The van der Waals surface area contributed by atoms with Gasteiger partial charge in [-0.3, -0.25) is 0 Å². The van der Waals surface area contributed by atoms with Gasteiger partial charge in [-0.15, -0.1) is 0 Å². The zero-order valence-corrected chi connectivity index (χ0v) is 11.1. The van der Waals surface area contributed by atoms with E-state index >= 15 is 0 Å². The molecule has 98 valence electrons. The van der Waals surface area contributed by atoms with Crippen molar-refractivity contribution in [3.63, 3.8) is 0 Å². The molecule has 1 rings (SSSR count). The quantitative estimate of drug-likeness (QED) is 0.688. The minimum atomic E-state index is -3.24. The molecule has 0 bridgehead atoms. The van der Waals surface area contributed by atoms with E-state index in [-0.39, 0.29) is 18.2 Å². The second-order valence-electron chi connectivity index (χ2n) is 4.25. The van der Waals surface area contributed by atoms with Gasteiger partial charge in [0.2, 0.25) is 10.0 Å². The normalized spacial score (nSPS) is 17.5. The summed E-state index contributed by atoms with van der Waals surface area (Å²) in [5.41, 5.74) is 0. The minimum absolute atomic E-state index is 0.232. The van der Waals surface area contributed by atoms with Crippen molar-refractivity contribution >= 4 is 10.0 Å². The third-order valence-electron chi connectivity index (χ3n) is 3.10.